The van der Waals surface area contributed by atoms with Gasteiger partial charge in [0.25, 0.3) is 0 Å². The van der Waals surface area contributed by atoms with Crippen LogP contribution in [0.4, 0.5) is 0 Å². The Hall–Kier alpha value is -1.35. The van der Waals surface area contributed by atoms with Crippen molar-refractivity contribution < 1.29 is 9.59 Å². The molecule has 0 aliphatic rings. The van der Waals surface area contributed by atoms with Crippen molar-refractivity contribution >= 4 is 23.3 Å². The van der Waals surface area contributed by atoms with Gasteiger partial charge in [-0.25, -0.2) is 0 Å². The Labute approximate surface area is 112 Å². The molecule has 0 aliphatic carbocycles. The molecule has 1 rings (SSSR count). The Bertz CT molecular complexity index is 467. The summed E-state index contributed by atoms with van der Waals surface area (Å²) in [5, 5.41) is 0. The van der Waals surface area contributed by atoms with Gasteiger partial charge in [-0.15, -0.1) is 11.8 Å². The van der Waals surface area contributed by atoms with Crippen LogP contribution in [0.15, 0.2) is 41.3 Å². The van der Waals surface area contributed by atoms with Crippen LogP contribution in [0.5, 0.6) is 0 Å². The lowest BCUT2D eigenvalue weighted by molar-refractivity contribution is -0.113. The van der Waals surface area contributed by atoms with Gasteiger partial charge in [-0.3, -0.25) is 9.59 Å². The summed E-state index contributed by atoms with van der Waals surface area (Å²) >= 11 is 1.42. The molecule has 1 aromatic carbocycles. The first-order valence-electron chi connectivity index (χ1n) is 5.80. The van der Waals surface area contributed by atoms with Crippen molar-refractivity contribution in [2.45, 2.75) is 32.4 Å². The number of carbonyl (C=O) groups is 2. The Kier molecular flexibility index (Phi) is 4.91. The maximum absolute atomic E-state index is 12.0. The fourth-order valence-electron chi connectivity index (χ4n) is 1.34. The summed E-state index contributed by atoms with van der Waals surface area (Å²) in [6.07, 6.45) is 1.44. The summed E-state index contributed by atoms with van der Waals surface area (Å²) in [6.45, 7) is 7.53. The fourth-order valence-corrected chi connectivity index (χ4v) is 2.31. The molecule has 3 heteroatoms. The Morgan fingerprint density at radius 3 is 2.11 bits per heavy atom. The molecule has 0 aliphatic heterocycles. The van der Waals surface area contributed by atoms with Gasteiger partial charge in [0, 0.05) is 16.4 Å². The average Bonchev–Trinajstić information content (AvgIpc) is 2.27. The van der Waals surface area contributed by atoms with Crippen LogP contribution < -0.4 is 0 Å². The van der Waals surface area contributed by atoms with Gasteiger partial charge in [0.1, 0.15) is 0 Å². The quantitative estimate of drug-likeness (QED) is 0.610. The molecule has 2 nitrogen and oxygen atoms in total. The number of allylic oxidation sites excluding steroid dienone is 2. The summed E-state index contributed by atoms with van der Waals surface area (Å²) in [4.78, 5) is 24.1. The number of hydrogen-bond acceptors (Lipinski definition) is 3. The SMILES string of the molecule is CC(=O)/C(=C\C(=O)c1ccccc1)SC(C)(C)C. The first-order chi connectivity index (χ1) is 8.29. The minimum absolute atomic E-state index is 0.0702. The van der Waals surface area contributed by atoms with E-state index in [1.165, 1.54) is 24.8 Å². The van der Waals surface area contributed by atoms with Crippen LogP contribution in [-0.2, 0) is 4.79 Å². The Morgan fingerprint density at radius 2 is 1.67 bits per heavy atom. The number of ketones is 2. The van der Waals surface area contributed by atoms with Crippen molar-refractivity contribution in [1.29, 1.82) is 0 Å². The lowest BCUT2D eigenvalue weighted by Crippen LogP contribution is -2.11. The molecular weight excluding hydrogens is 244 g/mol. The summed E-state index contributed by atoms with van der Waals surface area (Å²) in [5.41, 5.74) is 0.603. The molecule has 0 N–H and O–H groups in total. The van der Waals surface area contributed by atoms with E-state index in [9.17, 15) is 9.59 Å². The van der Waals surface area contributed by atoms with Gasteiger partial charge in [-0.1, -0.05) is 51.1 Å². The molecule has 0 atom stereocenters. The predicted molar refractivity (Wildman–Crippen MR) is 76.9 cm³/mol. The van der Waals surface area contributed by atoms with Gasteiger partial charge < -0.3 is 0 Å². The van der Waals surface area contributed by atoms with Gasteiger partial charge in [-0.2, -0.15) is 0 Å². The van der Waals surface area contributed by atoms with Crippen LogP contribution >= 0.6 is 11.8 Å². The summed E-state index contributed by atoms with van der Waals surface area (Å²) in [7, 11) is 0. The van der Waals surface area contributed by atoms with Crippen molar-refractivity contribution in [2.75, 3.05) is 0 Å². The molecule has 0 heterocycles. The lowest BCUT2D eigenvalue weighted by atomic mass is 10.1. The smallest absolute Gasteiger partial charge is 0.187 e. The molecule has 0 bridgehead atoms. The Morgan fingerprint density at radius 1 is 1.11 bits per heavy atom. The van der Waals surface area contributed by atoms with E-state index in [1.54, 1.807) is 12.1 Å². The molecule has 0 saturated heterocycles. The molecular formula is C15H18O2S. The molecule has 0 saturated carbocycles. The second-order valence-electron chi connectivity index (χ2n) is 5.01. The maximum Gasteiger partial charge on any atom is 0.187 e. The highest BCUT2D eigenvalue weighted by Gasteiger charge is 2.18. The van der Waals surface area contributed by atoms with Gasteiger partial charge >= 0.3 is 0 Å². The van der Waals surface area contributed by atoms with Gasteiger partial charge in [0.2, 0.25) is 0 Å². The maximum atomic E-state index is 12.0. The van der Waals surface area contributed by atoms with E-state index in [1.807, 2.05) is 39.0 Å². The van der Waals surface area contributed by atoms with E-state index in [-0.39, 0.29) is 16.3 Å². The zero-order valence-corrected chi connectivity index (χ0v) is 12.0. The van der Waals surface area contributed by atoms with Crippen molar-refractivity contribution in [3.05, 3.63) is 46.9 Å². The van der Waals surface area contributed by atoms with E-state index in [4.69, 9.17) is 0 Å². The zero-order valence-electron chi connectivity index (χ0n) is 11.2. The number of hydrogen-bond donors (Lipinski definition) is 0. The molecule has 96 valence electrons. The van der Waals surface area contributed by atoms with Crippen molar-refractivity contribution in [3.8, 4) is 0 Å². The first-order valence-corrected chi connectivity index (χ1v) is 6.62. The zero-order chi connectivity index (χ0) is 13.8. The van der Waals surface area contributed by atoms with E-state index in [0.717, 1.165) is 0 Å². The molecule has 0 amide bonds. The van der Waals surface area contributed by atoms with E-state index in [2.05, 4.69) is 0 Å². The molecule has 0 unspecified atom stereocenters. The third-order valence-corrected chi connectivity index (χ3v) is 3.32. The van der Waals surface area contributed by atoms with Gasteiger partial charge in [0.05, 0.1) is 4.91 Å². The number of Topliss-reactive ketones (excluding diaryl/α,β-unsaturated/α-hetero) is 1. The van der Waals surface area contributed by atoms with E-state index in [0.29, 0.717) is 10.5 Å². The molecule has 0 radical (unpaired) electrons. The van der Waals surface area contributed by atoms with Crippen LogP contribution in [0.2, 0.25) is 0 Å². The summed E-state index contributed by atoms with van der Waals surface area (Å²) in [5.74, 6) is -0.197. The third-order valence-electron chi connectivity index (χ3n) is 2.08. The number of carbonyl (C=O) groups excluding carboxylic acids is 2. The molecule has 0 spiro atoms. The molecule has 18 heavy (non-hydrogen) atoms. The Balaban J connectivity index is 2.97. The van der Waals surface area contributed by atoms with Crippen molar-refractivity contribution in [3.63, 3.8) is 0 Å². The lowest BCUT2D eigenvalue weighted by Gasteiger charge is -2.18. The highest BCUT2D eigenvalue weighted by Crippen LogP contribution is 2.31. The van der Waals surface area contributed by atoms with Crippen LogP contribution in [0.1, 0.15) is 38.1 Å². The predicted octanol–water partition coefficient (Wildman–Crippen LogP) is 3.87. The van der Waals surface area contributed by atoms with E-state index < -0.39 is 0 Å². The number of benzene rings is 1. The normalized spacial score (nSPS) is 12.3. The number of thioether (sulfide) groups is 1. The standard InChI is InChI=1S/C15H18O2S/c1-11(16)14(18-15(2,3)4)10-13(17)12-8-6-5-7-9-12/h5-10H,1-4H3/b14-10+. The summed E-state index contributed by atoms with van der Waals surface area (Å²) in [6, 6.07) is 8.98. The summed E-state index contributed by atoms with van der Waals surface area (Å²) < 4.78 is -0.0888. The average molecular weight is 262 g/mol. The largest absolute Gasteiger partial charge is 0.294 e. The molecule has 0 fully saturated rings. The van der Waals surface area contributed by atoms with Crippen molar-refractivity contribution in [2.24, 2.45) is 0 Å². The van der Waals surface area contributed by atoms with Crippen LogP contribution in [0.25, 0.3) is 0 Å². The van der Waals surface area contributed by atoms with E-state index >= 15 is 0 Å². The number of rotatable bonds is 4. The van der Waals surface area contributed by atoms with Crippen LogP contribution in [0, 0.1) is 0 Å². The second kappa shape index (κ2) is 6.01. The highest BCUT2D eigenvalue weighted by molar-refractivity contribution is 8.05. The van der Waals surface area contributed by atoms with Gasteiger partial charge in [0.15, 0.2) is 11.6 Å². The minimum atomic E-state index is -0.127. The minimum Gasteiger partial charge on any atom is -0.294 e. The fraction of sp³-hybridized carbons (Fsp3) is 0.333. The molecule has 0 aromatic heterocycles. The molecule has 1 aromatic rings. The monoisotopic (exact) mass is 262 g/mol. The first kappa shape index (κ1) is 14.7. The van der Waals surface area contributed by atoms with Gasteiger partial charge in [-0.05, 0) is 6.92 Å². The second-order valence-corrected chi connectivity index (χ2v) is 6.88. The third kappa shape index (κ3) is 4.88. The van der Waals surface area contributed by atoms with Crippen LogP contribution in [0.3, 0.4) is 0 Å². The topological polar surface area (TPSA) is 34.1 Å². The van der Waals surface area contributed by atoms with Crippen molar-refractivity contribution in [1.82, 2.24) is 0 Å². The van der Waals surface area contributed by atoms with Crippen LogP contribution in [-0.4, -0.2) is 16.3 Å². The highest BCUT2D eigenvalue weighted by atomic mass is 32.2.